The molecule has 2 nitrogen and oxygen atoms in total. The predicted octanol–water partition coefficient (Wildman–Crippen LogP) is 3.12. The van der Waals surface area contributed by atoms with Gasteiger partial charge in [-0.2, -0.15) is 0 Å². The maximum Gasteiger partial charge on any atom is 0.0772 e. The quantitative estimate of drug-likeness (QED) is 0.644. The molecular weight excluding hydrogens is 198 g/mol. The summed E-state index contributed by atoms with van der Waals surface area (Å²) in [5.41, 5.74) is 1.14. The first-order valence-electron chi connectivity index (χ1n) is 5.81. The molecule has 0 amide bonds. The van der Waals surface area contributed by atoms with Gasteiger partial charge in [0.25, 0.3) is 0 Å². The zero-order valence-corrected chi connectivity index (χ0v) is 10.1. The van der Waals surface area contributed by atoms with E-state index in [2.05, 4.69) is 11.4 Å². The van der Waals surface area contributed by atoms with Crippen molar-refractivity contribution in [2.24, 2.45) is 4.99 Å². The number of hydrogen-bond donors (Lipinski definition) is 0. The van der Waals surface area contributed by atoms with Gasteiger partial charge in [0, 0.05) is 12.8 Å². The molecule has 1 atom stereocenters. The van der Waals surface area contributed by atoms with E-state index in [0.29, 0.717) is 0 Å². The molecule has 0 aliphatic heterocycles. The van der Waals surface area contributed by atoms with Crippen LogP contribution in [0, 0.1) is 6.42 Å². The molecule has 0 bridgehead atoms. The summed E-state index contributed by atoms with van der Waals surface area (Å²) in [5, 5.41) is 0. The van der Waals surface area contributed by atoms with Gasteiger partial charge in [0.1, 0.15) is 0 Å². The Kier molecular flexibility index (Phi) is 6.50. The lowest BCUT2D eigenvalue weighted by molar-refractivity contribution is 0.0693. The summed E-state index contributed by atoms with van der Waals surface area (Å²) < 4.78 is 5.58. The average molecular weight is 218 g/mol. The van der Waals surface area contributed by atoms with Crippen LogP contribution in [0.25, 0.3) is 0 Å². The van der Waals surface area contributed by atoms with Gasteiger partial charge < -0.3 is 4.74 Å². The van der Waals surface area contributed by atoms with Gasteiger partial charge in [-0.25, -0.2) is 0 Å². The van der Waals surface area contributed by atoms with E-state index < -0.39 is 0 Å². The first-order chi connectivity index (χ1) is 7.86. The lowest BCUT2D eigenvalue weighted by atomic mass is 10.2. The van der Waals surface area contributed by atoms with E-state index in [1.807, 2.05) is 50.4 Å². The summed E-state index contributed by atoms with van der Waals surface area (Å²) in [6, 6.07) is 10.1. The Morgan fingerprint density at radius 2 is 2.06 bits per heavy atom. The minimum Gasteiger partial charge on any atom is -0.377 e. The number of aliphatic imine (C=N–C) groups is 1. The van der Waals surface area contributed by atoms with E-state index in [4.69, 9.17) is 4.74 Å². The van der Waals surface area contributed by atoms with Gasteiger partial charge in [0.15, 0.2) is 0 Å². The van der Waals surface area contributed by atoms with Crippen molar-refractivity contribution in [2.45, 2.75) is 26.4 Å². The molecule has 1 rings (SSSR count). The van der Waals surface area contributed by atoms with Gasteiger partial charge in [-0.15, -0.1) is 0 Å². The summed E-state index contributed by atoms with van der Waals surface area (Å²) in [4.78, 5) is 4.41. The summed E-state index contributed by atoms with van der Waals surface area (Å²) in [6.07, 6.45) is 5.20. The van der Waals surface area contributed by atoms with E-state index in [-0.39, 0.29) is 6.10 Å². The fraction of sp³-hybridized carbons (Fsp3) is 0.429. The van der Waals surface area contributed by atoms with Crippen LogP contribution in [0.3, 0.4) is 0 Å². The van der Waals surface area contributed by atoms with Crippen LogP contribution in [0.15, 0.2) is 35.3 Å². The van der Waals surface area contributed by atoms with Gasteiger partial charge in [0.05, 0.1) is 12.6 Å². The Bertz CT molecular complexity index is 289. The lowest BCUT2D eigenvalue weighted by Crippen LogP contribution is -2.16. The largest absolute Gasteiger partial charge is 0.377 e. The number of ether oxygens (including phenoxy) is 1. The van der Waals surface area contributed by atoms with Crippen molar-refractivity contribution in [3.63, 3.8) is 0 Å². The Morgan fingerprint density at radius 3 is 2.69 bits per heavy atom. The minimum absolute atomic E-state index is 0.218. The van der Waals surface area contributed by atoms with Crippen molar-refractivity contribution in [1.82, 2.24) is 0 Å². The molecule has 0 saturated carbocycles. The Labute approximate surface area is 98.4 Å². The highest BCUT2D eigenvalue weighted by atomic mass is 16.5. The maximum absolute atomic E-state index is 5.58. The second-order valence-electron chi connectivity index (χ2n) is 3.63. The van der Waals surface area contributed by atoms with Gasteiger partial charge in [-0.3, -0.25) is 4.99 Å². The Morgan fingerprint density at radius 1 is 1.31 bits per heavy atom. The van der Waals surface area contributed by atoms with Gasteiger partial charge in [-0.05, 0) is 25.3 Å². The van der Waals surface area contributed by atoms with Crippen LogP contribution >= 0.6 is 0 Å². The summed E-state index contributed by atoms with van der Waals surface area (Å²) in [7, 11) is 0. The normalized spacial score (nSPS) is 13.1. The van der Waals surface area contributed by atoms with Crippen LogP contribution in [0.4, 0.5) is 0 Å². The standard InChI is InChI=1S/C14H20NO/c1-3-8-14(16-4-2)12-15-11-13-9-6-5-7-10-13/h3,5-7,9-11,14H,4,8,12H2,1-2H3. The number of nitrogens with zero attached hydrogens (tertiary/aromatic N) is 1. The third-order valence-corrected chi connectivity index (χ3v) is 2.25. The van der Waals surface area contributed by atoms with Gasteiger partial charge >= 0.3 is 0 Å². The fourth-order valence-electron chi connectivity index (χ4n) is 1.51. The number of hydrogen-bond acceptors (Lipinski definition) is 2. The van der Waals surface area contributed by atoms with Crippen LogP contribution in [0.1, 0.15) is 25.8 Å². The van der Waals surface area contributed by atoms with Crippen molar-refractivity contribution in [3.05, 3.63) is 42.3 Å². The monoisotopic (exact) mass is 218 g/mol. The van der Waals surface area contributed by atoms with E-state index in [1.54, 1.807) is 0 Å². The van der Waals surface area contributed by atoms with E-state index in [9.17, 15) is 0 Å². The van der Waals surface area contributed by atoms with E-state index in [0.717, 1.165) is 25.1 Å². The van der Waals surface area contributed by atoms with Crippen molar-refractivity contribution >= 4 is 6.21 Å². The molecule has 87 valence electrons. The molecule has 0 aliphatic carbocycles. The molecule has 0 aliphatic rings. The first-order valence-corrected chi connectivity index (χ1v) is 5.81. The lowest BCUT2D eigenvalue weighted by Gasteiger charge is -2.12. The molecular formula is C14H20NO. The molecule has 0 spiro atoms. The summed E-state index contributed by atoms with van der Waals surface area (Å²) in [5.74, 6) is 0. The Hall–Kier alpha value is -1.15. The van der Waals surface area contributed by atoms with Crippen LogP contribution in [-0.4, -0.2) is 25.5 Å². The Balaban J connectivity index is 2.39. The molecule has 1 aromatic carbocycles. The third kappa shape index (κ3) is 5.08. The molecule has 1 radical (unpaired) electrons. The molecule has 1 unspecified atom stereocenters. The average Bonchev–Trinajstić information content (AvgIpc) is 2.31. The molecule has 0 aromatic heterocycles. The zero-order chi connectivity index (χ0) is 11.6. The van der Waals surface area contributed by atoms with E-state index in [1.165, 1.54) is 0 Å². The van der Waals surface area contributed by atoms with Gasteiger partial charge in [-0.1, -0.05) is 37.3 Å². The topological polar surface area (TPSA) is 21.6 Å². The molecule has 0 fully saturated rings. The summed E-state index contributed by atoms with van der Waals surface area (Å²) >= 11 is 0. The second kappa shape index (κ2) is 8.05. The second-order valence-corrected chi connectivity index (χ2v) is 3.63. The van der Waals surface area contributed by atoms with Gasteiger partial charge in [0.2, 0.25) is 0 Å². The predicted molar refractivity (Wildman–Crippen MR) is 68.9 cm³/mol. The highest BCUT2D eigenvalue weighted by Gasteiger charge is 2.04. The molecule has 1 aromatic rings. The highest BCUT2D eigenvalue weighted by Crippen LogP contribution is 2.02. The van der Waals surface area contributed by atoms with Crippen LogP contribution in [-0.2, 0) is 4.74 Å². The summed E-state index contributed by atoms with van der Waals surface area (Å²) in [6.45, 7) is 5.54. The van der Waals surface area contributed by atoms with Crippen LogP contribution < -0.4 is 0 Å². The van der Waals surface area contributed by atoms with Crippen molar-refractivity contribution in [1.29, 1.82) is 0 Å². The van der Waals surface area contributed by atoms with Crippen molar-refractivity contribution < 1.29 is 4.74 Å². The van der Waals surface area contributed by atoms with Crippen molar-refractivity contribution in [2.75, 3.05) is 13.2 Å². The SMILES string of the molecule is C[CH]CC(CN=Cc1ccccc1)OCC. The van der Waals surface area contributed by atoms with Crippen LogP contribution in [0.2, 0.25) is 0 Å². The molecule has 0 N–H and O–H groups in total. The zero-order valence-electron chi connectivity index (χ0n) is 10.1. The fourth-order valence-corrected chi connectivity index (χ4v) is 1.51. The highest BCUT2D eigenvalue weighted by molar-refractivity contribution is 5.79. The first kappa shape index (κ1) is 12.9. The van der Waals surface area contributed by atoms with Crippen LogP contribution in [0.5, 0.6) is 0 Å². The minimum atomic E-state index is 0.218. The molecule has 16 heavy (non-hydrogen) atoms. The molecule has 0 saturated heterocycles. The number of benzene rings is 1. The van der Waals surface area contributed by atoms with Crippen molar-refractivity contribution in [3.8, 4) is 0 Å². The molecule has 0 heterocycles. The maximum atomic E-state index is 5.58. The molecule has 2 heteroatoms. The third-order valence-electron chi connectivity index (χ3n) is 2.25. The number of rotatable bonds is 7. The smallest absolute Gasteiger partial charge is 0.0772 e. The van der Waals surface area contributed by atoms with E-state index >= 15 is 0 Å².